The van der Waals surface area contributed by atoms with Crippen LogP contribution in [-0.4, -0.2) is 13.3 Å². The van der Waals surface area contributed by atoms with E-state index in [1.807, 2.05) is 30.5 Å². The molecule has 0 spiro atoms. The van der Waals surface area contributed by atoms with Crippen molar-refractivity contribution in [1.82, 2.24) is 0 Å². The smallest absolute Gasteiger partial charge is 0.0349 e. The summed E-state index contributed by atoms with van der Waals surface area (Å²) in [5.41, 5.74) is 16.3. The summed E-state index contributed by atoms with van der Waals surface area (Å²) < 4.78 is 0. The van der Waals surface area contributed by atoms with Crippen molar-refractivity contribution in [2.45, 2.75) is 19.8 Å². The highest BCUT2D eigenvalue weighted by atomic mass is 14.6. The molecule has 194 valence electrons. The lowest BCUT2D eigenvalue weighted by atomic mass is 9.87. The van der Waals surface area contributed by atoms with E-state index in [0.717, 1.165) is 5.69 Å². The fourth-order valence-electron chi connectivity index (χ4n) is 4.61. The molecule has 0 amide bonds. The molecular weight excluding hydrogens is 472 g/mol. The van der Waals surface area contributed by atoms with Gasteiger partial charge in [-0.2, -0.15) is 0 Å². The lowest BCUT2D eigenvalue weighted by molar-refractivity contribution is 0.870. The molecule has 0 aliphatic rings. The number of allylic oxidation sites excluding steroid dienone is 1. The Hall–Kier alpha value is -4.69. The van der Waals surface area contributed by atoms with Crippen molar-refractivity contribution in [2.24, 2.45) is 4.99 Å². The van der Waals surface area contributed by atoms with E-state index in [9.17, 15) is 0 Å². The summed E-state index contributed by atoms with van der Waals surface area (Å²) in [5, 5.41) is 0. The fourth-order valence-corrected chi connectivity index (χ4v) is 4.61. The van der Waals surface area contributed by atoms with Gasteiger partial charge in [-0.25, -0.2) is 0 Å². The van der Waals surface area contributed by atoms with Gasteiger partial charge in [-0.3, -0.25) is 4.99 Å². The van der Waals surface area contributed by atoms with Crippen molar-refractivity contribution in [1.29, 1.82) is 0 Å². The largest absolute Gasteiger partial charge is 0.398 e. The van der Waals surface area contributed by atoms with Crippen molar-refractivity contribution in [3.8, 4) is 33.4 Å². The Balaban J connectivity index is 0.000000298. The molecule has 2 heteroatoms. The number of nitrogens with zero attached hydrogens (tertiary/aromatic N) is 1. The SMILES string of the molecule is CC(C)c1ccccc1N.CN=C/C=C/c1c(-c2ccccc2)cc(-c2ccccc2)cc1-c1ccccc1. The van der Waals surface area contributed by atoms with Gasteiger partial charge in [0, 0.05) is 18.9 Å². The zero-order valence-corrected chi connectivity index (χ0v) is 23.0. The van der Waals surface area contributed by atoms with Gasteiger partial charge >= 0.3 is 0 Å². The molecule has 0 bridgehead atoms. The summed E-state index contributed by atoms with van der Waals surface area (Å²) >= 11 is 0. The summed E-state index contributed by atoms with van der Waals surface area (Å²) in [4.78, 5) is 4.11. The third-order valence-corrected chi connectivity index (χ3v) is 6.57. The molecule has 5 rings (SSSR count). The van der Waals surface area contributed by atoms with Crippen LogP contribution >= 0.6 is 0 Å². The first-order chi connectivity index (χ1) is 19.1. The van der Waals surface area contributed by atoms with E-state index in [2.05, 4.69) is 134 Å². The molecule has 0 fully saturated rings. The third-order valence-electron chi connectivity index (χ3n) is 6.57. The van der Waals surface area contributed by atoms with Gasteiger partial charge in [0.05, 0.1) is 0 Å². The average molecular weight is 509 g/mol. The molecule has 39 heavy (non-hydrogen) atoms. The van der Waals surface area contributed by atoms with Crippen LogP contribution in [0.2, 0.25) is 0 Å². The highest BCUT2D eigenvalue weighted by Crippen LogP contribution is 2.38. The van der Waals surface area contributed by atoms with Crippen molar-refractivity contribution in [2.75, 3.05) is 12.8 Å². The molecule has 2 nitrogen and oxygen atoms in total. The second kappa shape index (κ2) is 13.7. The van der Waals surface area contributed by atoms with Crippen LogP contribution in [0.25, 0.3) is 39.5 Å². The number of hydrogen-bond acceptors (Lipinski definition) is 2. The Kier molecular flexibility index (Phi) is 9.63. The van der Waals surface area contributed by atoms with E-state index in [4.69, 9.17) is 5.73 Å². The molecular formula is C37H36N2. The third kappa shape index (κ3) is 7.21. The van der Waals surface area contributed by atoms with Crippen LogP contribution in [0.3, 0.4) is 0 Å². The zero-order chi connectivity index (χ0) is 27.5. The standard InChI is InChI=1S/C28H23N.C9H13N/c1-29-19-11-18-26-27(23-14-7-3-8-15-23)20-25(22-12-5-2-6-13-22)21-28(26)24-16-9-4-10-17-24;1-7(2)8-5-3-4-6-9(8)10/h2-21H,1H3;3-7H,10H2,1-2H3/b18-11+,29-19?;. The van der Waals surface area contributed by atoms with E-state index in [1.165, 1.54) is 44.5 Å². The van der Waals surface area contributed by atoms with E-state index in [1.54, 1.807) is 7.05 Å². The molecule has 0 saturated heterocycles. The Morgan fingerprint density at radius 1 is 0.590 bits per heavy atom. The Labute approximate surface area is 233 Å². The number of para-hydroxylation sites is 1. The van der Waals surface area contributed by atoms with Crippen LogP contribution in [0.1, 0.15) is 30.9 Å². The Morgan fingerprint density at radius 3 is 1.49 bits per heavy atom. The fraction of sp³-hybridized carbons (Fsp3) is 0.108. The maximum Gasteiger partial charge on any atom is 0.0349 e. The minimum atomic E-state index is 0.529. The molecule has 0 unspecified atom stereocenters. The maximum atomic E-state index is 5.72. The quantitative estimate of drug-likeness (QED) is 0.180. The van der Waals surface area contributed by atoms with Crippen molar-refractivity contribution < 1.29 is 0 Å². The Bertz CT molecular complexity index is 1460. The number of aliphatic imine (C=N–C) groups is 1. The van der Waals surface area contributed by atoms with Crippen molar-refractivity contribution in [3.63, 3.8) is 0 Å². The molecule has 0 aliphatic carbocycles. The summed E-state index contributed by atoms with van der Waals surface area (Å²) in [6, 6.07) is 44.3. The topological polar surface area (TPSA) is 38.4 Å². The molecule has 0 radical (unpaired) electrons. The highest BCUT2D eigenvalue weighted by Gasteiger charge is 2.13. The van der Waals surface area contributed by atoms with Crippen LogP contribution in [0.5, 0.6) is 0 Å². The zero-order valence-electron chi connectivity index (χ0n) is 23.0. The molecule has 0 aromatic heterocycles. The first-order valence-electron chi connectivity index (χ1n) is 13.4. The number of hydrogen-bond donors (Lipinski definition) is 1. The molecule has 5 aromatic carbocycles. The minimum absolute atomic E-state index is 0.529. The van der Waals surface area contributed by atoms with Crippen LogP contribution in [0.4, 0.5) is 5.69 Å². The normalized spacial score (nSPS) is 11.1. The van der Waals surface area contributed by atoms with Crippen LogP contribution in [-0.2, 0) is 0 Å². The minimum Gasteiger partial charge on any atom is -0.398 e. The van der Waals surface area contributed by atoms with Crippen LogP contribution in [0.15, 0.2) is 138 Å². The van der Waals surface area contributed by atoms with Gasteiger partial charge in [-0.1, -0.05) is 129 Å². The summed E-state index contributed by atoms with van der Waals surface area (Å²) in [5.74, 6) is 0.529. The number of rotatable bonds is 6. The second-order valence-electron chi connectivity index (χ2n) is 9.63. The predicted octanol–water partition coefficient (Wildman–Crippen LogP) is 9.79. The summed E-state index contributed by atoms with van der Waals surface area (Å²) in [6.45, 7) is 4.29. The molecule has 2 N–H and O–H groups in total. The van der Waals surface area contributed by atoms with E-state index in [0.29, 0.717) is 5.92 Å². The van der Waals surface area contributed by atoms with Gasteiger partial charge in [0.2, 0.25) is 0 Å². The molecule has 0 atom stereocenters. The molecule has 5 aromatic rings. The van der Waals surface area contributed by atoms with E-state index >= 15 is 0 Å². The first kappa shape index (κ1) is 27.3. The Morgan fingerprint density at radius 2 is 1.05 bits per heavy atom. The van der Waals surface area contributed by atoms with Crippen molar-refractivity contribution >= 4 is 18.0 Å². The van der Waals surface area contributed by atoms with E-state index < -0.39 is 0 Å². The predicted molar refractivity (Wildman–Crippen MR) is 171 cm³/mol. The number of nitrogens with two attached hydrogens (primary N) is 1. The van der Waals surface area contributed by atoms with Gasteiger partial charge in [0.1, 0.15) is 0 Å². The lowest BCUT2D eigenvalue weighted by Gasteiger charge is -2.16. The monoisotopic (exact) mass is 508 g/mol. The summed E-state index contributed by atoms with van der Waals surface area (Å²) in [6.07, 6.45) is 6.00. The van der Waals surface area contributed by atoms with Crippen LogP contribution in [0, 0.1) is 0 Å². The van der Waals surface area contributed by atoms with Gasteiger partial charge in [-0.05, 0) is 74.7 Å². The highest BCUT2D eigenvalue weighted by molar-refractivity contribution is 5.93. The van der Waals surface area contributed by atoms with E-state index in [-0.39, 0.29) is 0 Å². The number of nitrogen functional groups attached to an aromatic ring is 1. The molecule has 0 aliphatic heterocycles. The van der Waals surface area contributed by atoms with Gasteiger partial charge in [0.15, 0.2) is 0 Å². The second-order valence-corrected chi connectivity index (χ2v) is 9.63. The number of benzene rings is 5. The molecule has 0 heterocycles. The lowest BCUT2D eigenvalue weighted by Crippen LogP contribution is -1.94. The van der Waals surface area contributed by atoms with Gasteiger partial charge in [0.25, 0.3) is 0 Å². The van der Waals surface area contributed by atoms with Gasteiger partial charge in [-0.15, -0.1) is 0 Å². The average Bonchev–Trinajstić information content (AvgIpc) is 2.99. The van der Waals surface area contributed by atoms with Crippen LogP contribution < -0.4 is 5.73 Å². The summed E-state index contributed by atoms with van der Waals surface area (Å²) in [7, 11) is 1.79. The maximum absolute atomic E-state index is 5.72. The first-order valence-corrected chi connectivity index (χ1v) is 13.4. The van der Waals surface area contributed by atoms with Crippen molar-refractivity contribution in [3.05, 3.63) is 145 Å². The van der Waals surface area contributed by atoms with Gasteiger partial charge < -0.3 is 5.73 Å². The molecule has 0 saturated carbocycles. The number of anilines is 1.